The van der Waals surface area contributed by atoms with E-state index in [1.165, 1.54) is 0 Å². The Labute approximate surface area is 154 Å². The van der Waals surface area contributed by atoms with Crippen LogP contribution in [0.25, 0.3) is 11.6 Å². The summed E-state index contributed by atoms with van der Waals surface area (Å²) in [7, 11) is 1.60. The highest BCUT2D eigenvalue weighted by atomic mass is 16.5. The van der Waals surface area contributed by atoms with Crippen LogP contribution in [-0.4, -0.2) is 13.0 Å². The Balaban J connectivity index is 1.99. The van der Waals surface area contributed by atoms with Crippen molar-refractivity contribution in [2.45, 2.75) is 6.92 Å². The summed E-state index contributed by atoms with van der Waals surface area (Å²) in [6, 6.07) is 25.2. The van der Waals surface area contributed by atoms with Gasteiger partial charge in [-0.1, -0.05) is 66.7 Å². The maximum atomic E-state index is 13.1. The van der Waals surface area contributed by atoms with Gasteiger partial charge in [-0.15, -0.1) is 0 Å². The van der Waals surface area contributed by atoms with Crippen molar-refractivity contribution < 1.29 is 9.53 Å². The standard InChI is InChI=1S/C23H21NO2/c1-17-13-14-22(26-2)21(15-17)24-23(25)20(19-11-7-4-8-12-19)16-18-9-5-3-6-10-18/h3-16H,1-2H3,(H,24,25)/b20-16+. The number of anilines is 1. The Morgan fingerprint density at radius 2 is 1.58 bits per heavy atom. The van der Waals surface area contributed by atoms with Gasteiger partial charge in [0, 0.05) is 5.57 Å². The van der Waals surface area contributed by atoms with Crippen LogP contribution in [-0.2, 0) is 4.79 Å². The van der Waals surface area contributed by atoms with Crippen molar-refractivity contribution in [3.63, 3.8) is 0 Å². The van der Waals surface area contributed by atoms with Crippen LogP contribution in [0, 0.1) is 6.92 Å². The second-order valence-electron chi connectivity index (χ2n) is 5.99. The minimum atomic E-state index is -0.177. The lowest BCUT2D eigenvalue weighted by molar-refractivity contribution is -0.111. The highest BCUT2D eigenvalue weighted by Gasteiger charge is 2.14. The third-order valence-corrected chi connectivity index (χ3v) is 4.04. The van der Waals surface area contributed by atoms with E-state index in [0.29, 0.717) is 17.0 Å². The van der Waals surface area contributed by atoms with E-state index in [9.17, 15) is 4.79 Å². The van der Waals surface area contributed by atoms with E-state index in [1.54, 1.807) is 7.11 Å². The summed E-state index contributed by atoms with van der Waals surface area (Å²) in [4.78, 5) is 13.1. The van der Waals surface area contributed by atoms with Gasteiger partial charge in [-0.2, -0.15) is 0 Å². The first-order chi connectivity index (χ1) is 12.7. The first kappa shape index (κ1) is 17.5. The lowest BCUT2D eigenvalue weighted by Crippen LogP contribution is -2.14. The fourth-order valence-electron chi connectivity index (χ4n) is 2.72. The third-order valence-electron chi connectivity index (χ3n) is 4.04. The molecular weight excluding hydrogens is 322 g/mol. The van der Waals surface area contributed by atoms with E-state index in [2.05, 4.69) is 5.32 Å². The molecule has 3 rings (SSSR count). The van der Waals surface area contributed by atoms with Crippen molar-refractivity contribution >= 4 is 23.2 Å². The zero-order valence-electron chi connectivity index (χ0n) is 14.9. The van der Waals surface area contributed by atoms with Crippen LogP contribution in [0.4, 0.5) is 5.69 Å². The van der Waals surface area contributed by atoms with E-state index < -0.39 is 0 Å². The van der Waals surface area contributed by atoms with Crippen molar-refractivity contribution in [1.82, 2.24) is 0 Å². The quantitative estimate of drug-likeness (QED) is 0.512. The highest BCUT2D eigenvalue weighted by molar-refractivity contribution is 6.29. The smallest absolute Gasteiger partial charge is 0.256 e. The molecule has 0 saturated heterocycles. The molecule has 0 spiro atoms. The zero-order chi connectivity index (χ0) is 18.4. The number of rotatable bonds is 5. The van der Waals surface area contributed by atoms with Crippen molar-refractivity contribution in [3.8, 4) is 5.75 Å². The Hall–Kier alpha value is -3.33. The van der Waals surface area contributed by atoms with E-state index >= 15 is 0 Å². The van der Waals surface area contributed by atoms with Crippen molar-refractivity contribution in [3.05, 3.63) is 95.6 Å². The first-order valence-electron chi connectivity index (χ1n) is 8.45. The van der Waals surface area contributed by atoms with Crippen molar-refractivity contribution in [1.29, 1.82) is 0 Å². The van der Waals surface area contributed by atoms with Gasteiger partial charge in [0.25, 0.3) is 5.91 Å². The van der Waals surface area contributed by atoms with Crippen molar-refractivity contribution in [2.75, 3.05) is 12.4 Å². The molecule has 0 bridgehead atoms. The highest BCUT2D eigenvalue weighted by Crippen LogP contribution is 2.27. The van der Waals surface area contributed by atoms with Gasteiger partial charge in [0.15, 0.2) is 0 Å². The predicted octanol–water partition coefficient (Wildman–Crippen LogP) is 5.18. The molecule has 3 aromatic rings. The summed E-state index contributed by atoms with van der Waals surface area (Å²) >= 11 is 0. The molecule has 0 aliphatic carbocycles. The Morgan fingerprint density at radius 3 is 2.23 bits per heavy atom. The number of aryl methyl sites for hydroxylation is 1. The fraction of sp³-hybridized carbons (Fsp3) is 0.0870. The van der Waals surface area contributed by atoms with Gasteiger partial charge in [-0.25, -0.2) is 0 Å². The summed E-state index contributed by atoms with van der Waals surface area (Å²) < 4.78 is 5.37. The number of hydrogen-bond acceptors (Lipinski definition) is 2. The third kappa shape index (κ3) is 4.19. The molecule has 1 N–H and O–H groups in total. The van der Waals surface area contributed by atoms with E-state index in [4.69, 9.17) is 4.74 Å². The average Bonchev–Trinajstić information content (AvgIpc) is 2.68. The SMILES string of the molecule is COc1ccc(C)cc1NC(=O)/C(=C/c1ccccc1)c1ccccc1. The zero-order valence-corrected chi connectivity index (χ0v) is 14.9. The van der Waals surface area contributed by atoms with Gasteiger partial charge >= 0.3 is 0 Å². The number of hydrogen-bond donors (Lipinski definition) is 1. The molecule has 0 aliphatic rings. The predicted molar refractivity (Wildman–Crippen MR) is 107 cm³/mol. The molecule has 0 fully saturated rings. The lowest BCUT2D eigenvalue weighted by Gasteiger charge is -2.13. The van der Waals surface area contributed by atoms with Crippen LogP contribution < -0.4 is 10.1 Å². The Morgan fingerprint density at radius 1 is 0.923 bits per heavy atom. The molecular formula is C23H21NO2. The van der Waals surface area contributed by atoms with Crippen LogP contribution in [0.5, 0.6) is 5.75 Å². The number of benzene rings is 3. The average molecular weight is 343 g/mol. The topological polar surface area (TPSA) is 38.3 Å². The molecule has 3 aromatic carbocycles. The van der Waals surface area contributed by atoms with Crippen LogP contribution in [0.15, 0.2) is 78.9 Å². The number of amides is 1. The fourth-order valence-corrected chi connectivity index (χ4v) is 2.72. The molecule has 0 heterocycles. The summed E-state index contributed by atoms with van der Waals surface area (Å²) in [5, 5.41) is 2.99. The lowest BCUT2D eigenvalue weighted by atomic mass is 10.0. The molecule has 0 aliphatic heterocycles. The van der Waals surface area contributed by atoms with Gasteiger partial charge < -0.3 is 10.1 Å². The van der Waals surface area contributed by atoms with Gasteiger partial charge in [-0.05, 0) is 41.8 Å². The summed E-state index contributed by atoms with van der Waals surface area (Å²) in [5.41, 5.74) is 4.14. The van der Waals surface area contributed by atoms with Crippen LogP contribution in [0.1, 0.15) is 16.7 Å². The molecule has 3 nitrogen and oxygen atoms in total. The number of carbonyl (C=O) groups excluding carboxylic acids is 1. The Bertz CT molecular complexity index is 915. The van der Waals surface area contributed by atoms with Gasteiger partial charge in [-0.3, -0.25) is 4.79 Å². The van der Waals surface area contributed by atoms with E-state index in [0.717, 1.165) is 16.7 Å². The second-order valence-corrected chi connectivity index (χ2v) is 5.99. The number of carbonyl (C=O) groups is 1. The monoisotopic (exact) mass is 343 g/mol. The van der Waals surface area contributed by atoms with Gasteiger partial charge in [0.05, 0.1) is 12.8 Å². The van der Waals surface area contributed by atoms with E-state index in [1.807, 2.05) is 91.9 Å². The maximum Gasteiger partial charge on any atom is 0.256 e. The number of methoxy groups -OCH3 is 1. The number of nitrogens with one attached hydrogen (secondary N) is 1. The second kappa shape index (κ2) is 8.17. The molecule has 0 aromatic heterocycles. The van der Waals surface area contributed by atoms with Gasteiger partial charge in [0.1, 0.15) is 5.75 Å². The van der Waals surface area contributed by atoms with Crippen LogP contribution in [0.3, 0.4) is 0 Å². The van der Waals surface area contributed by atoms with Gasteiger partial charge in [0.2, 0.25) is 0 Å². The molecule has 0 saturated carbocycles. The van der Waals surface area contributed by atoms with E-state index in [-0.39, 0.29) is 5.91 Å². The maximum absolute atomic E-state index is 13.1. The molecule has 130 valence electrons. The Kier molecular flexibility index (Phi) is 5.49. The minimum Gasteiger partial charge on any atom is -0.495 e. The first-order valence-corrected chi connectivity index (χ1v) is 8.45. The molecule has 0 unspecified atom stereocenters. The molecule has 3 heteroatoms. The molecule has 26 heavy (non-hydrogen) atoms. The number of ether oxygens (including phenoxy) is 1. The minimum absolute atomic E-state index is 0.177. The largest absolute Gasteiger partial charge is 0.495 e. The summed E-state index contributed by atoms with van der Waals surface area (Å²) in [5.74, 6) is 0.458. The molecule has 0 radical (unpaired) electrons. The summed E-state index contributed by atoms with van der Waals surface area (Å²) in [6.07, 6.45) is 1.90. The molecule has 0 atom stereocenters. The van der Waals surface area contributed by atoms with Crippen LogP contribution >= 0.6 is 0 Å². The van der Waals surface area contributed by atoms with Crippen molar-refractivity contribution in [2.24, 2.45) is 0 Å². The normalized spacial score (nSPS) is 11.1. The van der Waals surface area contributed by atoms with Crippen LogP contribution in [0.2, 0.25) is 0 Å². The summed E-state index contributed by atoms with van der Waals surface area (Å²) in [6.45, 7) is 1.98. The molecule has 1 amide bonds.